The summed E-state index contributed by atoms with van der Waals surface area (Å²) >= 11 is 0. The van der Waals surface area contributed by atoms with Gasteiger partial charge in [-0.1, -0.05) is 24.3 Å². The van der Waals surface area contributed by atoms with Crippen molar-refractivity contribution in [2.24, 2.45) is 0 Å². The van der Waals surface area contributed by atoms with Crippen LogP contribution >= 0.6 is 0 Å². The number of carbonyl (C=O) groups is 2. The first-order valence-corrected chi connectivity index (χ1v) is 14.2. The first-order valence-electron chi connectivity index (χ1n) is 14.2. The maximum atomic E-state index is 12.0. The molecule has 5 atom stereocenters. The highest BCUT2D eigenvalue weighted by atomic mass is 16.6. The highest BCUT2D eigenvalue weighted by Gasteiger charge is 2.18. The lowest BCUT2D eigenvalue weighted by molar-refractivity contribution is -0.104. The van der Waals surface area contributed by atoms with Crippen molar-refractivity contribution in [1.82, 2.24) is 0 Å². The minimum Gasteiger partial charge on any atom is -0.459 e. The third-order valence-electron chi connectivity index (χ3n) is 5.91. The van der Waals surface area contributed by atoms with E-state index in [0.29, 0.717) is 0 Å². The quantitative estimate of drug-likeness (QED) is 0.0657. The molecular weight excluding hydrogens is 596 g/mol. The van der Waals surface area contributed by atoms with E-state index in [0.717, 1.165) is 0 Å². The number of hydrogen-bond donors (Lipinski definition) is 6. The Bertz CT molecular complexity index is 1140. The molecule has 0 heterocycles. The van der Waals surface area contributed by atoms with E-state index in [1.807, 2.05) is 0 Å². The van der Waals surface area contributed by atoms with Crippen LogP contribution in [0.25, 0.3) is 0 Å². The van der Waals surface area contributed by atoms with Crippen LogP contribution in [0.4, 0.5) is 11.4 Å². The smallest absolute Gasteiger partial charge is 0.340 e. The van der Waals surface area contributed by atoms with E-state index in [4.69, 9.17) is 44.6 Å². The van der Waals surface area contributed by atoms with Gasteiger partial charge in [0.05, 0.1) is 64.0 Å². The molecule has 0 fully saturated rings. The monoisotopic (exact) mass is 640 g/mol. The van der Waals surface area contributed by atoms with Gasteiger partial charge in [-0.3, -0.25) is 0 Å². The lowest BCUT2D eigenvalue weighted by Gasteiger charge is -2.21. The average Bonchev–Trinajstić information content (AvgIpc) is 3.01. The average molecular weight is 641 g/mol. The first kappa shape index (κ1) is 37.8. The summed E-state index contributed by atoms with van der Waals surface area (Å²) in [6.45, 7) is -1.34. The number of nitrogens with two attached hydrogens (primary N) is 2. The summed E-state index contributed by atoms with van der Waals surface area (Å²) in [6.07, 6.45) is -4.83. The summed E-state index contributed by atoms with van der Waals surface area (Å²) < 4.78 is 36.8. The number of ether oxygens (including phenoxy) is 7. The second kappa shape index (κ2) is 21.4. The Labute approximate surface area is 261 Å². The Morgan fingerprint density at radius 2 is 0.956 bits per heavy atom. The third kappa shape index (κ3) is 15.5. The number of esters is 2. The van der Waals surface area contributed by atoms with Gasteiger partial charge in [0.2, 0.25) is 0 Å². The van der Waals surface area contributed by atoms with Gasteiger partial charge in [0.15, 0.2) is 0 Å². The van der Waals surface area contributed by atoms with Crippen molar-refractivity contribution < 1.29 is 63.2 Å². The summed E-state index contributed by atoms with van der Waals surface area (Å²) in [5.41, 5.74) is 12.4. The second-order valence-electron chi connectivity index (χ2n) is 10.0. The lowest BCUT2D eigenvalue weighted by atomic mass is 10.2. The van der Waals surface area contributed by atoms with Crippen LogP contribution in [0.1, 0.15) is 20.7 Å². The Hall–Kier alpha value is -3.38. The molecule has 2 rings (SSSR count). The van der Waals surface area contributed by atoms with Gasteiger partial charge in [-0.05, 0) is 24.3 Å². The minimum atomic E-state index is -1.11. The van der Waals surface area contributed by atoms with Crippen LogP contribution in [0.15, 0.2) is 48.5 Å². The van der Waals surface area contributed by atoms with Crippen LogP contribution in [-0.4, -0.2) is 136 Å². The number of methoxy groups -OCH3 is 1. The molecule has 0 aliphatic carbocycles. The number of anilines is 2. The van der Waals surface area contributed by atoms with Gasteiger partial charge in [-0.15, -0.1) is 0 Å². The van der Waals surface area contributed by atoms with Crippen LogP contribution in [0.5, 0.6) is 0 Å². The van der Waals surface area contributed by atoms with Gasteiger partial charge in [-0.25, -0.2) is 9.59 Å². The maximum Gasteiger partial charge on any atom is 0.340 e. The summed E-state index contributed by atoms with van der Waals surface area (Å²) in [6, 6.07) is 12.8. The van der Waals surface area contributed by atoms with Crippen molar-refractivity contribution >= 4 is 23.3 Å². The largest absolute Gasteiger partial charge is 0.459 e. The third-order valence-corrected chi connectivity index (χ3v) is 5.91. The molecular formula is C30H44N2O13. The highest BCUT2D eigenvalue weighted by Crippen LogP contribution is 2.13. The zero-order valence-electron chi connectivity index (χ0n) is 25.2. The van der Waals surface area contributed by atoms with Gasteiger partial charge in [-0.2, -0.15) is 0 Å². The highest BCUT2D eigenvalue weighted by molar-refractivity contribution is 5.95. The number of hydrogen-bond acceptors (Lipinski definition) is 15. The van der Waals surface area contributed by atoms with Crippen LogP contribution in [0.2, 0.25) is 0 Å². The van der Waals surface area contributed by atoms with Crippen molar-refractivity contribution in [3.8, 4) is 0 Å². The molecule has 0 bridgehead atoms. The van der Waals surface area contributed by atoms with Crippen molar-refractivity contribution in [3.63, 3.8) is 0 Å². The van der Waals surface area contributed by atoms with Crippen LogP contribution in [-0.2, 0) is 33.2 Å². The molecule has 5 unspecified atom stereocenters. The number of rotatable bonds is 23. The van der Waals surface area contributed by atoms with Gasteiger partial charge in [0, 0.05) is 18.5 Å². The summed E-state index contributed by atoms with van der Waals surface area (Å²) in [5.74, 6) is -1.34. The SMILES string of the molecule is COCC(COCC(O)COCC(O)COC(=O)c1ccccc1N)OCC(O)COCC(O)COC(=O)c1ccccc1N. The predicted molar refractivity (Wildman–Crippen MR) is 160 cm³/mol. The van der Waals surface area contributed by atoms with E-state index in [9.17, 15) is 30.0 Å². The molecule has 45 heavy (non-hydrogen) atoms. The molecule has 0 aromatic heterocycles. The Balaban J connectivity index is 1.54. The Morgan fingerprint density at radius 1 is 0.578 bits per heavy atom. The molecule has 0 amide bonds. The molecule has 15 heteroatoms. The van der Waals surface area contributed by atoms with Gasteiger partial charge >= 0.3 is 11.9 Å². The van der Waals surface area contributed by atoms with Crippen molar-refractivity contribution in [3.05, 3.63) is 59.7 Å². The van der Waals surface area contributed by atoms with Crippen molar-refractivity contribution in [1.29, 1.82) is 0 Å². The molecule has 0 radical (unpaired) electrons. The Kier molecular flexibility index (Phi) is 18.0. The zero-order chi connectivity index (χ0) is 33.0. The molecule has 0 saturated carbocycles. The molecule has 0 spiro atoms. The lowest BCUT2D eigenvalue weighted by Crippen LogP contribution is -2.33. The molecule has 252 valence electrons. The van der Waals surface area contributed by atoms with Crippen molar-refractivity contribution in [2.75, 3.05) is 84.6 Å². The van der Waals surface area contributed by atoms with E-state index in [2.05, 4.69) is 0 Å². The van der Waals surface area contributed by atoms with E-state index in [1.165, 1.54) is 19.2 Å². The molecule has 0 aliphatic rings. The van der Waals surface area contributed by atoms with Crippen LogP contribution < -0.4 is 11.5 Å². The maximum absolute atomic E-state index is 12.0. The summed E-state index contributed by atoms with van der Waals surface area (Å²) in [4.78, 5) is 24.1. The fourth-order valence-electron chi connectivity index (χ4n) is 3.65. The Morgan fingerprint density at radius 3 is 1.38 bits per heavy atom. The predicted octanol–water partition coefficient (Wildman–Crippen LogP) is -0.610. The minimum absolute atomic E-state index is 0.0374. The second-order valence-corrected chi connectivity index (χ2v) is 10.0. The number of nitrogen functional groups attached to an aromatic ring is 2. The molecule has 8 N–H and O–H groups in total. The van der Waals surface area contributed by atoms with Gasteiger partial charge < -0.3 is 65.1 Å². The topological polar surface area (TPSA) is 232 Å². The van der Waals surface area contributed by atoms with Gasteiger partial charge in [0.25, 0.3) is 0 Å². The molecule has 15 nitrogen and oxygen atoms in total. The standard InChI is InChI=1S/C30H44N2O13/c1-39-18-24(43-15-21(34)12-41-14-23(36)17-45-30(38)26-7-3-5-9-28(26)32)19-42-11-20(33)10-40-13-22(35)16-44-29(37)25-6-2-4-8-27(25)31/h2-9,20-24,33-36H,10-19,31-32H2,1H3. The fourth-order valence-corrected chi connectivity index (χ4v) is 3.65. The normalized spacial score (nSPS) is 14.7. The molecule has 0 saturated heterocycles. The zero-order valence-corrected chi connectivity index (χ0v) is 25.2. The van der Waals surface area contributed by atoms with E-state index in [-0.39, 0.29) is 88.6 Å². The fraction of sp³-hybridized carbons (Fsp3) is 0.533. The van der Waals surface area contributed by atoms with E-state index >= 15 is 0 Å². The molecule has 2 aromatic rings. The first-order chi connectivity index (χ1) is 21.6. The van der Waals surface area contributed by atoms with E-state index in [1.54, 1.807) is 36.4 Å². The van der Waals surface area contributed by atoms with Crippen molar-refractivity contribution in [2.45, 2.75) is 30.5 Å². The van der Waals surface area contributed by atoms with Gasteiger partial charge in [0.1, 0.15) is 43.7 Å². The molecule has 2 aromatic carbocycles. The number of benzene rings is 2. The summed E-state index contributed by atoms with van der Waals surface area (Å²) in [5, 5.41) is 40.2. The number of para-hydroxylation sites is 2. The molecule has 0 aliphatic heterocycles. The number of aliphatic hydroxyl groups excluding tert-OH is 4. The van der Waals surface area contributed by atoms with E-state index < -0.39 is 42.5 Å². The summed E-state index contributed by atoms with van der Waals surface area (Å²) in [7, 11) is 1.47. The number of aliphatic hydroxyl groups is 4. The number of carbonyl (C=O) groups excluding carboxylic acids is 2. The van der Waals surface area contributed by atoms with Crippen LogP contribution in [0.3, 0.4) is 0 Å². The van der Waals surface area contributed by atoms with Crippen LogP contribution in [0, 0.1) is 0 Å².